The molecule has 52 heavy (non-hydrogen) atoms. The summed E-state index contributed by atoms with van der Waals surface area (Å²) in [5.41, 5.74) is 14.6. The maximum atomic E-state index is 5.26. The van der Waals surface area contributed by atoms with Crippen molar-refractivity contribution in [1.29, 1.82) is 0 Å². The third kappa shape index (κ3) is 5.07. The van der Waals surface area contributed by atoms with Crippen molar-refractivity contribution in [3.63, 3.8) is 0 Å². The first-order chi connectivity index (χ1) is 25.8. The molecule has 0 atom stereocenters. The van der Waals surface area contributed by atoms with E-state index in [1.165, 1.54) is 5.56 Å². The van der Waals surface area contributed by atoms with Crippen molar-refractivity contribution in [3.05, 3.63) is 188 Å². The van der Waals surface area contributed by atoms with Gasteiger partial charge in [-0.1, -0.05) is 140 Å². The van der Waals surface area contributed by atoms with Crippen LogP contribution in [0.3, 0.4) is 0 Å². The smallest absolute Gasteiger partial charge is 0.220 e. The van der Waals surface area contributed by atoms with Crippen molar-refractivity contribution < 1.29 is 0 Å². The highest BCUT2D eigenvalue weighted by Crippen LogP contribution is 2.48. The summed E-state index contributed by atoms with van der Waals surface area (Å²) in [5, 5.41) is 0. The monoisotopic (exact) mass is 665 g/mol. The predicted molar refractivity (Wildman–Crippen MR) is 212 cm³/mol. The van der Waals surface area contributed by atoms with Gasteiger partial charge in [0.2, 0.25) is 5.95 Å². The van der Waals surface area contributed by atoms with Gasteiger partial charge in [-0.3, -0.25) is 9.47 Å². The number of para-hydroxylation sites is 4. The highest BCUT2D eigenvalue weighted by Gasteiger charge is 2.29. The Balaban J connectivity index is 1.12. The van der Waals surface area contributed by atoms with Gasteiger partial charge in [0.1, 0.15) is 0 Å². The Morgan fingerprint density at radius 1 is 0.365 bits per heavy atom. The van der Waals surface area contributed by atoms with E-state index in [4.69, 9.17) is 15.0 Å². The lowest BCUT2D eigenvalue weighted by Crippen LogP contribution is -2.14. The van der Waals surface area contributed by atoms with E-state index in [-0.39, 0.29) is 0 Å². The van der Waals surface area contributed by atoms with Gasteiger partial charge >= 0.3 is 0 Å². The van der Waals surface area contributed by atoms with E-state index < -0.39 is 0 Å². The standard InChI is InChI=1S/C47H31N5/c1-3-15-32(16-4-1)41-31-42(33-17-5-2-6-18-33)49-46(48-41)36-21-13-19-34(29-36)35-20-14-22-37(30-35)51-43-26-10-7-23-38(43)39-24-8-11-27-44(39)52-45-28-12-9-25-40(45)50-47(51)52/h1-31H. The average Bonchev–Trinajstić information content (AvgIpc) is 3.55. The largest absolute Gasteiger partial charge is 0.280 e. The zero-order chi connectivity index (χ0) is 34.4. The SMILES string of the molecule is c1ccc(-c2cc(-c3ccccc3)nc(-c3cccc(-c4cccc(N5c6ccccc6-c6ccccc6-n6c5nc5ccccc56)c4)c3)n2)cc1. The third-order valence-corrected chi connectivity index (χ3v) is 9.75. The van der Waals surface area contributed by atoms with Crippen LogP contribution < -0.4 is 4.90 Å². The molecule has 0 radical (unpaired) electrons. The van der Waals surface area contributed by atoms with Crippen LogP contribution in [0.2, 0.25) is 0 Å². The third-order valence-electron chi connectivity index (χ3n) is 9.75. The van der Waals surface area contributed by atoms with Crippen LogP contribution in [0.15, 0.2) is 188 Å². The highest BCUT2D eigenvalue weighted by atomic mass is 15.3. The van der Waals surface area contributed by atoms with Gasteiger partial charge in [-0.15, -0.1) is 0 Å². The van der Waals surface area contributed by atoms with Crippen molar-refractivity contribution in [2.45, 2.75) is 0 Å². The van der Waals surface area contributed by atoms with Crippen molar-refractivity contribution in [2.75, 3.05) is 4.90 Å². The van der Waals surface area contributed by atoms with Crippen LogP contribution in [0.1, 0.15) is 0 Å². The van der Waals surface area contributed by atoms with E-state index in [9.17, 15) is 0 Å². The normalized spacial score (nSPS) is 11.8. The number of benzene rings is 7. The molecule has 10 rings (SSSR count). The number of rotatable bonds is 5. The molecule has 3 heterocycles. The first-order valence-electron chi connectivity index (χ1n) is 17.5. The van der Waals surface area contributed by atoms with Crippen LogP contribution in [0.5, 0.6) is 0 Å². The molecule has 0 N–H and O–H groups in total. The molecular weight excluding hydrogens is 635 g/mol. The Kier molecular flexibility index (Phi) is 7.07. The number of hydrogen-bond donors (Lipinski definition) is 0. The molecule has 7 aromatic carbocycles. The predicted octanol–water partition coefficient (Wildman–Crippen LogP) is 11.9. The number of fused-ring (bicyclic) bond motifs is 7. The number of nitrogens with zero attached hydrogens (tertiary/aromatic N) is 5. The lowest BCUT2D eigenvalue weighted by Gasteiger charge is -2.25. The van der Waals surface area contributed by atoms with Gasteiger partial charge in [-0.05, 0) is 59.7 Å². The summed E-state index contributed by atoms with van der Waals surface area (Å²) in [4.78, 5) is 17.7. The molecular formula is C47H31N5. The Bertz CT molecular complexity index is 2690. The lowest BCUT2D eigenvalue weighted by atomic mass is 10.00. The van der Waals surface area contributed by atoms with Crippen molar-refractivity contribution in [2.24, 2.45) is 0 Å². The summed E-state index contributed by atoms with van der Waals surface area (Å²) in [6.07, 6.45) is 0. The first kappa shape index (κ1) is 29.8. The molecule has 5 nitrogen and oxygen atoms in total. The minimum atomic E-state index is 0.686. The van der Waals surface area contributed by atoms with Gasteiger partial charge < -0.3 is 0 Å². The quantitative estimate of drug-likeness (QED) is 0.184. The lowest BCUT2D eigenvalue weighted by molar-refractivity contribution is 1.05. The van der Waals surface area contributed by atoms with Gasteiger partial charge in [0, 0.05) is 33.5 Å². The first-order valence-corrected chi connectivity index (χ1v) is 17.5. The minimum Gasteiger partial charge on any atom is -0.280 e. The number of imidazole rings is 1. The number of anilines is 3. The van der Waals surface area contributed by atoms with Crippen LogP contribution >= 0.6 is 0 Å². The number of aromatic nitrogens is 4. The molecule has 1 aliphatic rings. The van der Waals surface area contributed by atoms with Gasteiger partial charge in [0.05, 0.1) is 33.8 Å². The van der Waals surface area contributed by atoms with Crippen LogP contribution in [-0.2, 0) is 0 Å². The molecule has 1 aliphatic heterocycles. The van der Waals surface area contributed by atoms with E-state index >= 15 is 0 Å². The van der Waals surface area contributed by atoms with E-state index in [0.29, 0.717) is 5.82 Å². The molecule has 0 saturated carbocycles. The molecule has 2 aromatic heterocycles. The van der Waals surface area contributed by atoms with Crippen molar-refractivity contribution in [1.82, 2.24) is 19.5 Å². The molecule has 9 aromatic rings. The molecule has 0 bridgehead atoms. The second kappa shape index (κ2) is 12.3. The van der Waals surface area contributed by atoms with Gasteiger partial charge in [0.25, 0.3) is 0 Å². The Morgan fingerprint density at radius 3 is 1.63 bits per heavy atom. The maximum Gasteiger partial charge on any atom is 0.220 e. The summed E-state index contributed by atoms with van der Waals surface area (Å²) in [6, 6.07) is 65.5. The second-order valence-electron chi connectivity index (χ2n) is 12.9. The van der Waals surface area contributed by atoms with Crippen molar-refractivity contribution in [3.8, 4) is 61.8 Å². The zero-order valence-corrected chi connectivity index (χ0v) is 28.1. The maximum absolute atomic E-state index is 5.26. The van der Waals surface area contributed by atoms with Crippen LogP contribution in [0, 0.1) is 0 Å². The zero-order valence-electron chi connectivity index (χ0n) is 28.1. The van der Waals surface area contributed by atoms with E-state index in [0.717, 1.165) is 78.8 Å². The van der Waals surface area contributed by atoms with E-state index in [1.807, 2.05) is 36.4 Å². The molecule has 0 fully saturated rings. The summed E-state index contributed by atoms with van der Waals surface area (Å²) in [5.74, 6) is 1.54. The Labute approximate surface area is 301 Å². The topological polar surface area (TPSA) is 46.8 Å². The molecule has 5 heteroatoms. The van der Waals surface area contributed by atoms with Crippen LogP contribution in [-0.4, -0.2) is 19.5 Å². The van der Waals surface area contributed by atoms with Crippen molar-refractivity contribution >= 4 is 28.4 Å². The fraction of sp³-hybridized carbons (Fsp3) is 0. The minimum absolute atomic E-state index is 0.686. The molecule has 0 spiro atoms. The molecule has 0 unspecified atom stereocenters. The summed E-state index contributed by atoms with van der Waals surface area (Å²) in [7, 11) is 0. The average molecular weight is 666 g/mol. The fourth-order valence-electron chi connectivity index (χ4n) is 7.31. The molecule has 0 aliphatic carbocycles. The Morgan fingerprint density at radius 2 is 0.904 bits per heavy atom. The van der Waals surface area contributed by atoms with Crippen LogP contribution in [0.25, 0.3) is 72.9 Å². The van der Waals surface area contributed by atoms with E-state index in [1.54, 1.807) is 0 Å². The second-order valence-corrected chi connectivity index (χ2v) is 12.9. The molecule has 0 amide bonds. The van der Waals surface area contributed by atoms with Crippen LogP contribution in [0.4, 0.5) is 17.3 Å². The van der Waals surface area contributed by atoms with Gasteiger partial charge in [-0.2, -0.15) is 0 Å². The molecule has 0 saturated heterocycles. The fourth-order valence-corrected chi connectivity index (χ4v) is 7.31. The summed E-state index contributed by atoms with van der Waals surface area (Å²) in [6.45, 7) is 0. The van der Waals surface area contributed by atoms with Gasteiger partial charge in [0.15, 0.2) is 5.82 Å². The number of hydrogen-bond acceptors (Lipinski definition) is 4. The molecule has 244 valence electrons. The Hall–Kier alpha value is -7.11. The van der Waals surface area contributed by atoms with E-state index in [2.05, 4.69) is 161 Å². The summed E-state index contributed by atoms with van der Waals surface area (Å²) < 4.78 is 2.29. The van der Waals surface area contributed by atoms with Gasteiger partial charge in [-0.25, -0.2) is 15.0 Å². The highest BCUT2D eigenvalue weighted by molar-refractivity contribution is 5.96. The summed E-state index contributed by atoms with van der Waals surface area (Å²) >= 11 is 0.